The van der Waals surface area contributed by atoms with E-state index in [1.165, 1.54) is 5.56 Å². The molecule has 2 N–H and O–H groups in total. The zero-order valence-corrected chi connectivity index (χ0v) is 10.9. The highest BCUT2D eigenvalue weighted by Crippen LogP contribution is 2.15. The summed E-state index contributed by atoms with van der Waals surface area (Å²) in [5.74, 6) is 0.744. The van der Waals surface area contributed by atoms with Gasteiger partial charge in [0.2, 0.25) is 0 Å². The molecule has 1 heterocycles. The van der Waals surface area contributed by atoms with Crippen LogP contribution in [0.1, 0.15) is 18.9 Å². The standard InChI is InChI=1S/C14H20N2O2/c1-10-3-5-13(6-4-10)18-11(2)14(17)16-8-7-12(15)9-16/h3-6,11-12H,7-9,15H2,1-2H3/t11-,12+/m0/s1. The summed E-state index contributed by atoms with van der Waals surface area (Å²) < 4.78 is 5.65. The molecule has 4 heteroatoms. The maximum Gasteiger partial charge on any atom is 0.263 e. The zero-order valence-electron chi connectivity index (χ0n) is 10.9. The van der Waals surface area contributed by atoms with Crippen LogP contribution in [0.15, 0.2) is 24.3 Å². The van der Waals surface area contributed by atoms with E-state index in [0.29, 0.717) is 6.54 Å². The number of likely N-dealkylation sites (tertiary alicyclic amines) is 1. The monoisotopic (exact) mass is 248 g/mol. The molecule has 0 spiro atoms. The van der Waals surface area contributed by atoms with Crippen LogP contribution >= 0.6 is 0 Å². The van der Waals surface area contributed by atoms with Crippen LogP contribution in [-0.4, -0.2) is 36.0 Å². The number of carbonyl (C=O) groups excluding carboxylic acids is 1. The Bertz CT molecular complexity index is 416. The van der Waals surface area contributed by atoms with Crippen molar-refractivity contribution in [3.63, 3.8) is 0 Å². The van der Waals surface area contributed by atoms with E-state index in [0.717, 1.165) is 18.7 Å². The predicted molar refractivity (Wildman–Crippen MR) is 70.4 cm³/mol. The Labute approximate surface area is 108 Å². The first kappa shape index (κ1) is 12.9. The SMILES string of the molecule is Cc1ccc(O[C@@H](C)C(=O)N2CC[C@@H](N)C2)cc1. The highest BCUT2D eigenvalue weighted by Gasteiger charge is 2.27. The smallest absolute Gasteiger partial charge is 0.263 e. The van der Waals surface area contributed by atoms with Crippen LogP contribution in [0, 0.1) is 6.92 Å². The number of hydrogen-bond donors (Lipinski definition) is 1. The van der Waals surface area contributed by atoms with Crippen molar-refractivity contribution in [2.75, 3.05) is 13.1 Å². The van der Waals surface area contributed by atoms with Gasteiger partial charge in [-0.15, -0.1) is 0 Å². The van der Waals surface area contributed by atoms with Gasteiger partial charge in [0.15, 0.2) is 6.10 Å². The minimum atomic E-state index is -0.460. The van der Waals surface area contributed by atoms with Crippen LogP contribution in [0.2, 0.25) is 0 Å². The van der Waals surface area contributed by atoms with Crippen LogP contribution < -0.4 is 10.5 Å². The molecule has 1 saturated heterocycles. The minimum absolute atomic E-state index is 0.0172. The summed E-state index contributed by atoms with van der Waals surface area (Å²) >= 11 is 0. The van der Waals surface area contributed by atoms with Crippen LogP contribution in [-0.2, 0) is 4.79 Å². The Balaban J connectivity index is 1.93. The molecular weight excluding hydrogens is 228 g/mol. The summed E-state index contributed by atoms with van der Waals surface area (Å²) in [5, 5.41) is 0. The molecule has 1 aromatic rings. The fourth-order valence-corrected chi connectivity index (χ4v) is 2.12. The van der Waals surface area contributed by atoms with Gasteiger partial charge in [-0.05, 0) is 32.4 Å². The van der Waals surface area contributed by atoms with E-state index < -0.39 is 6.10 Å². The number of nitrogens with two attached hydrogens (primary N) is 1. The van der Waals surface area contributed by atoms with E-state index in [-0.39, 0.29) is 11.9 Å². The van der Waals surface area contributed by atoms with Gasteiger partial charge in [0, 0.05) is 19.1 Å². The number of benzene rings is 1. The maximum absolute atomic E-state index is 12.1. The van der Waals surface area contributed by atoms with E-state index in [2.05, 4.69) is 0 Å². The first-order chi connectivity index (χ1) is 8.56. The highest BCUT2D eigenvalue weighted by atomic mass is 16.5. The van der Waals surface area contributed by atoms with Gasteiger partial charge in [-0.2, -0.15) is 0 Å². The third-order valence-electron chi connectivity index (χ3n) is 3.22. The topological polar surface area (TPSA) is 55.6 Å². The quantitative estimate of drug-likeness (QED) is 0.877. The average molecular weight is 248 g/mol. The molecule has 1 aromatic carbocycles. The molecular formula is C14H20N2O2. The number of aryl methyl sites for hydroxylation is 1. The van der Waals surface area contributed by atoms with Crippen molar-refractivity contribution in [2.24, 2.45) is 5.73 Å². The van der Waals surface area contributed by atoms with Crippen molar-refractivity contribution in [3.05, 3.63) is 29.8 Å². The number of ether oxygens (including phenoxy) is 1. The van der Waals surface area contributed by atoms with Crippen molar-refractivity contribution in [2.45, 2.75) is 32.4 Å². The normalized spacial score (nSPS) is 20.8. The van der Waals surface area contributed by atoms with Crippen molar-refractivity contribution >= 4 is 5.91 Å². The molecule has 1 amide bonds. The molecule has 0 saturated carbocycles. The van der Waals surface area contributed by atoms with Gasteiger partial charge >= 0.3 is 0 Å². The van der Waals surface area contributed by atoms with Gasteiger partial charge in [-0.1, -0.05) is 17.7 Å². The molecule has 98 valence electrons. The molecule has 1 aliphatic rings. The lowest BCUT2D eigenvalue weighted by atomic mass is 10.2. The Morgan fingerprint density at radius 2 is 2.11 bits per heavy atom. The molecule has 1 aliphatic heterocycles. The minimum Gasteiger partial charge on any atom is -0.481 e. The second kappa shape index (κ2) is 5.40. The molecule has 0 aromatic heterocycles. The van der Waals surface area contributed by atoms with Gasteiger partial charge in [0.1, 0.15) is 5.75 Å². The van der Waals surface area contributed by atoms with Gasteiger partial charge in [-0.3, -0.25) is 4.79 Å². The Morgan fingerprint density at radius 3 is 2.67 bits per heavy atom. The third-order valence-corrected chi connectivity index (χ3v) is 3.22. The van der Waals surface area contributed by atoms with Crippen molar-refractivity contribution in [3.8, 4) is 5.75 Å². The highest BCUT2D eigenvalue weighted by molar-refractivity contribution is 5.81. The Morgan fingerprint density at radius 1 is 1.44 bits per heavy atom. The fraction of sp³-hybridized carbons (Fsp3) is 0.500. The summed E-state index contributed by atoms with van der Waals surface area (Å²) in [6.45, 7) is 5.18. The van der Waals surface area contributed by atoms with E-state index in [1.54, 1.807) is 11.8 Å². The van der Waals surface area contributed by atoms with Gasteiger partial charge in [0.25, 0.3) is 5.91 Å². The van der Waals surface area contributed by atoms with Crippen molar-refractivity contribution in [1.29, 1.82) is 0 Å². The molecule has 18 heavy (non-hydrogen) atoms. The fourth-order valence-electron chi connectivity index (χ4n) is 2.12. The number of amides is 1. The van der Waals surface area contributed by atoms with Crippen molar-refractivity contribution in [1.82, 2.24) is 4.90 Å². The first-order valence-corrected chi connectivity index (χ1v) is 6.34. The van der Waals surface area contributed by atoms with E-state index in [4.69, 9.17) is 10.5 Å². The summed E-state index contributed by atoms with van der Waals surface area (Å²) in [5.41, 5.74) is 6.97. The van der Waals surface area contributed by atoms with Crippen LogP contribution in [0.4, 0.5) is 0 Å². The second-order valence-electron chi connectivity index (χ2n) is 4.91. The lowest BCUT2D eigenvalue weighted by molar-refractivity contribution is -0.136. The van der Waals surface area contributed by atoms with E-state index in [9.17, 15) is 4.79 Å². The predicted octanol–water partition coefficient (Wildman–Crippen LogP) is 1.32. The third kappa shape index (κ3) is 3.01. The average Bonchev–Trinajstić information content (AvgIpc) is 2.78. The maximum atomic E-state index is 12.1. The van der Waals surface area contributed by atoms with Crippen LogP contribution in [0.5, 0.6) is 5.75 Å². The first-order valence-electron chi connectivity index (χ1n) is 6.34. The molecule has 0 bridgehead atoms. The van der Waals surface area contributed by atoms with Gasteiger partial charge in [0.05, 0.1) is 0 Å². The van der Waals surface area contributed by atoms with Gasteiger partial charge < -0.3 is 15.4 Å². The number of rotatable bonds is 3. The summed E-state index contributed by atoms with van der Waals surface area (Å²) in [7, 11) is 0. The van der Waals surface area contributed by atoms with Crippen LogP contribution in [0.3, 0.4) is 0 Å². The molecule has 0 radical (unpaired) electrons. The lowest BCUT2D eigenvalue weighted by Crippen LogP contribution is -2.40. The van der Waals surface area contributed by atoms with E-state index in [1.807, 2.05) is 31.2 Å². The molecule has 0 aliphatic carbocycles. The zero-order chi connectivity index (χ0) is 13.1. The van der Waals surface area contributed by atoms with Gasteiger partial charge in [-0.25, -0.2) is 0 Å². The largest absolute Gasteiger partial charge is 0.481 e. The Hall–Kier alpha value is -1.55. The molecule has 0 unspecified atom stereocenters. The summed E-state index contributed by atoms with van der Waals surface area (Å²) in [6.07, 6.45) is 0.418. The second-order valence-corrected chi connectivity index (χ2v) is 4.91. The van der Waals surface area contributed by atoms with Crippen LogP contribution in [0.25, 0.3) is 0 Å². The van der Waals surface area contributed by atoms with Crippen molar-refractivity contribution < 1.29 is 9.53 Å². The number of hydrogen-bond acceptors (Lipinski definition) is 3. The van der Waals surface area contributed by atoms with E-state index >= 15 is 0 Å². The lowest BCUT2D eigenvalue weighted by Gasteiger charge is -2.21. The summed E-state index contributed by atoms with van der Waals surface area (Å²) in [4.78, 5) is 13.9. The molecule has 2 atom stereocenters. The Kier molecular flexibility index (Phi) is 3.87. The number of nitrogens with zero attached hydrogens (tertiary/aromatic N) is 1. The molecule has 1 fully saturated rings. The summed E-state index contributed by atoms with van der Waals surface area (Å²) in [6, 6.07) is 7.82. The molecule has 2 rings (SSSR count). The molecule has 4 nitrogen and oxygen atoms in total. The number of carbonyl (C=O) groups is 1.